The van der Waals surface area contributed by atoms with Crippen LogP contribution in [-0.2, 0) is 6.42 Å². The SMILES string of the molecule is N#CCc1c(C#N)c(N)nc(N)c1C#N. The van der Waals surface area contributed by atoms with Crippen LogP contribution < -0.4 is 11.5 Å². The second kappa shape index (κ2) is 3.95. The molecule has 0 atom stereocenters. The van der Waals surface area contributed by atoms with Crippen LogP contribution in [0.15, 0.2) is 0 Å². The number of hydrogen-bond acceptors (Lipinski definition) is 6. The lowest BCUT2D eigenvalue weighted by Gasteiger charge is -2.06. The third kappa shape index (κ3) is 1.63. The molecule has 72 valence electrons. The third-order valence-corrected chi connectivity index (χ3v) is 1.84. The normalized spacial score (nSPS) is 8.60. The smallest absolute Gasteiger partial charge is 0.144 e. The number of nitrogens with two attached hydrogens (primary N) is 2. The van der Waals surface area contributed by atoms with Gasteiger partial charge in [-0.15, -0.1) is 0 Å². The number of hydrogen-bond donors (Lipinski definition) is 2. The van der Waals surface area contributed by atoms with Crippen molar-refractivity contribution in [1.29, 1.82) is 15.8 Å². The van der Waals surface area contributed by atoms with E-state index in [1.165, 1.54) is 0 Å². The van der Waals surface area contributed by atoms with E-state index in [0.29, 0.717) is 0 Å². The molecule has 0 saturated carbocycles. The number of anilines is 2. The molecule has 0 spiro atoms. The second-order valence-electron chi connectivity index (χ2n) is 2.67. The van der Waals surface area contributed by atoms with Crippen molar-refractivity contribution in [3.63, 3.8) is 0 Å². The lowest BCUT2D eigenvalue weighted by atomic mass is 10.0. The highest BCUT2D eigenvalue weighted by Gasteiger charge is 2.16. The van der Waals surface area contributed by atoms with E-state index in [4.69, 9.17) is 27.3 Å². The Morgan fingerprint density at radius 3 is 1.80 bits per heavy atom. The summed E-state index contributed by atoms with van der Waals surface area (Å²) >= 11 is 0. The van der Waals surface area contributed by atoms with Crippen LogP contribution in [0.4, 0.5) is 11.6 Å². The van der Waals surface area contributed by atoms with Crippen molar-refractivity contribution >= 4 is 11.6 Å². The van der Waals surface area contributed by atoms with Crippen LogP contribution in [0, 0.1) is 34.0 Å². The standard InChI is InChI=1S/C9H6N6/c10-2-1-5-6(3-11)8(13)15-9(14)7(5)4-12/h1H2,(H4,13,14,15). The van der Waals surface area contributed by atoms with E-state index in [1.54, 1.807) is 12.1 Å². The summed E-state index contributed by atoms with van der Waals surface area (Å²) in [6.45, 7) is 0. The van der Waals surface area contributed by atoms with E-state index in [-0.39, 0.29) is 34.7 Å². The molecule has 0 aliphatic heterocycles. The molecule has 4 N–H and O–H groups in total. The molecule has 0 aliphatic carbocycles. The van der Waals surface area contributed by atoms with E-state index in [0.717, 1.165) is 0 Å². The Labute approximate surface area is 86.0 Å². The number of rotatable bonds is 1. The van der Waals surface area contributed by atoms with Gasteiger partial charge in [-0.2, -0.15) is 15.8 Å². The molecule has 1 aromatic heterocycles. The number of nitrogen functional groups attached to an aromatic ring is 2. The molecule has 1 rings (SSSR count). The van der Waals surface area contributed by atoms with Crippen molar-refractivity contribution in [3.8, 4) is 18.2 Å². The highest BCUT2D eigenvalue weighted by atomic mass is 14.9. The van der Waals surface area contributed by atoms with Gasteiger partial charge in [0.15, 0.2) is 0 Å². The average Bonchev–Trinajstić information content (AvgIpc) is 2.18. The van der Waals surface area contributed by atoms with Crippen LogP contribution in [-0.4, -0.2) is 4.98 Å². The van der Waals surface area contributed by atoms with Crippen molar-refractivity contribution in [2.45, 2.75) is 6.42 Å². The Morgan fingerprint density at radius 1 is 1.00 bits per heavy atom. The molecule has 15 heavy (non-hydrogen) atoms. The van der Waals surface area contributed by atoms with Gasteiger partial charge < -0.3 is 11.5 Å². The van der Waals surface area contributed by atoms with Crippen molar-refractivity contribution in [2.24, 2.45) is 0 Å². The van der Waals surface area contributed by atoms with Crippen molar-refractivity contribution < 1.29 is 0 Å². The second-order valence-corrected chi connectivity index (χ2v) is 2.67. The first-order valence-electron chi connectivity index (χ1n) is 3.90. The molecule has 6 heteroatoms. The van der Waals surface area contributed by atoms with Gasteiger partial charge in [-0.3, -0.25) is 0 Å². The molecule has 6 nitrogen and oxygen atoms in total. The summed E-state index contributed by atoms with van der Waals surface area (Å²) in [6, 6.07) is 5.46. The molecule has 0 unspecified atom stereocenters. The van der Waals surface area contributed by atoms with Gasteiger partial charge in [0.1, 0.15) is 23.8 Å². The Hall–Kier alpha value is -2.78. The minimum Gasteiger partial charge on any atom is -0.383 e. The van der Waals surface area contributed by atoms with Gasteiger partial charge in [-0.05, 0) is 0 Å². The van der Waals surface area contributed by atoms with E-state index in [1.807, 2.05) is 6.07 Å². The molecule has 0 aliphatic rings. The van der Waals surface area contributed by atoms with E-state index in [2.05, 4.69) is 4.98 Å². The Kier molecular flexibility index (Phi) is 2.71. The van der Waals surface area contributed by atoms with Crippen LogP contribution in [0.2, 0.25) is 0 Å². The fourth-order valence-corrected chi connectivity index (χ4v) is 1.18. The quantitative estimate of drug-likeness (QED) is 0.654. The van der Waals surface area contributed by atoms with Crippen LogP contribution in [0.5, 0.6) is 0 Å². The summed E-state index contributed by atoms with van der Waals surface area (Å²) in [5.41, 5.74) is 11.2. The molecule has 0 aromatic carbocycles. The maximum Gasteiger partial charge on any atom is 0.144 e. The minimum atomic E-state index is -0.0945. The first-order chi connectivity index (χ1) is 7.15. The average molecular weight is 198 g/mol. The Balaban J connectivity index is 3.64. The molecular weight excluding hydrogens is 192 g/mol. The fourth-order valence-electron chi connectivity index (χ4n) is 1.18. The molecule has 0 fully saturated rings. The number of nitrogens with zero attached hydrogens (tertiary/aromatic N) is 4. The molecule has 0 amide bonds. The van der Waals surface area contributed by atoms with Gasteiger partial charge >= 0.3 is 0 Å². The fraction of sp³-hybridized carbons (Fsp3) is 0.111. The monoisotopic (exact) mass is 198 g/mol. The summed E-state index contributed by atoms with van der Waals surface area (Å²) in [4.78, 5) is 3.66. The van der Waals surface area contributed by atoms with Crippen LogP contribution in [0.1, 0.15) is 16.7 Å². The first kappa shape index (κ1) is 10.3. The summed E-state index contributed by atoms with van der Waals surface area (Å²) in [6.07, 6.45) is -0.0945. The summed E-state index contributed by atoms with van der Waals surface area (Å²) in [5.74, 6) is -0.112. The zero-order valence-electron chi connectivity index (χ0n) is 7.65. The number of aromatic nitrogens is 1. The summed E-state index contributed by atoms with van der Waals surface area (Å²) in [7, 11) is 0. The maximum atomic E-state index is 8.81. The summed E-state index contributed by atoms with van der Waals surface area (Å²) in [5, 5.41) is 26.2. The van der Waals surface area contributed by atoms with Gasteiger partial charge in [0.05, 0.1) is 23.6 Å². The largest absolute Gasteiger partial charge is 0.383 e. The summed E-state index contributed by atoms with van der Waals surface area (Å²) < 4.78 is 0. The molecule has 1 aromatic rings. The minimum absolute atomic E-state index is 0.0438. The van der Waals surface area contributed by atoms with E-state index < -0.39 is 0 Å². The lowest BCUT2D eigenvalue weighted by Crippen LogP contribution is -2.07. The Morgan fingerprint density at radius 2 is 1.47 bits per heavy atom. The topological polar surface area (TPSA) is 136 Å². The van der Waals surface area contributed by atoms with Gasteiger partial charge in [0.25, 0.3) is 0 Å². The molecule has 0 bridgehead atoms. The van der Waals surface area contributed by atoms with E-state index in [9.17, 15) is 0 Å². The van der Waals surface area contributed by atoms with Gasteiger partial charge in [-0.25, -0.2) is 4.98 Å². The van der Waals surface area contributed by atoms with Crippen molar-refractivity contribution in [2.75, 3.05) is 11.5 Å². The molecule has 1 heterocycles. The maximum absolute atomic E-state index is 8.81. The zero-order valence-corrected chi connectivity index (χ0v) is 7.65. The number of pyridine rings is 1. The van der Waals surface area contributed by atoms with Crippen LogP contribution >= 0.6 is 0 Å². The molecular formula is C9H6N6. The van der Waals surface area contributed by atoms with Gasteiger partial charge in [-0.1, -0.05) is 0 Å². The predicted octanol–water partition coefficient (Wildman–Crippen LogP) is 0.0554. The van der Waals surface area contributed by atoms with Crippen molar-refractivity contribution in [3.05, 3.63) is 16.7 Å². The molecule has 0 radical (unpaired) electrons. The zero-order chi connectivity index (χ0) is 11.4. The van der Waals surface area contributed by atoms with Gasteiger partial charge in [0.2, 0.25) is 0 Å². The van der Waals surface area contributed by atoms with Crippen molar-refractivity contribution in [1.82, 2.24) is 4.98 Å². The highest BCUT2D eigenvalue weighted by molar-refractivity contribution is 5.66. The Bertz CT molecular complexity index is 487. The van der Waals surface area contributed by atoms with E-state index >= 15 is 0 Å². The van der Waals surface area contributed by atoms with Crippen LogP contribution in [0.3, 0.4) is 0 Å². The van der Waals surface area contributed by atoms with Crippen LogP contribution in [0.25, 0.3) is 0 Å². The first-order valence-corrected chi connectivity index (χ1v) is 3.90. The lowest BCUT2D eigenvalue weighted by molar-refractivity contribution is 1.18. The third-order valence-electron chi connectivity index (χ3n) is 1.84. The predicted molar refractivity (Wildman–Crippen MR) is 51.8 cm³/mol. The highest BCUT2D eigenvalue weighted by Crippen LogP contribution is 2.23. The molecule has 0 saturated heterocycles. The van der Waals surface area contributed by atoms with Gasteiger partial charge in [0, 0.05) is 5.56 Å². The number of nitriles is 3.